The van der Waals surface area contributed by atoms with Gasteiger partial charge in [-0.05, 0) is 35.7 Å². The van der Waals surface area contributed by atoms with Crippen molar-refractivity contribution in [2.45, 2.75) is 42.3 Å². The van der Waals surface area contributed by atoms with E-state index >= 15 is 0 Å². The van der Waals surface area contributed by atoms with E-state index in [2.05, 4.69) is 15.3 Å². The fourth-order valence-electron chi connectivity index (χ4n) is 3.04. The fraction of sp³-hybridized carbons (Fsp3) is 0.286. The maximum Gasteiger partial charge on any atom is 0.404 e. The van der Waals surface area contributed by atoms with E-state index in [0.717, 1.165) is 11.3 Å². The summed E-state index contributed by atoms with van der Waals surface area (Å²) in [5, 5.41) is 12.0. The Morgan fingerprint density at radius 3 is 2.52 bits per heavy atom. The Kier molecular flexibility index (Phi) is 6.68. The molecule has 2 N–H and O–H groups in total. The van der Waals surface area contributed by atoms with Crippen LogP contribution in [0.2, 0.25) is 5.15 Å². The Bertz CT molecular complexity index is 1190. The molecule has 3 aromatic rings. The highest BCUT2D eigenvalue weighted by Gasteiger charge is 2.31. The molecule has 0 radical (unpaired) electrons. The third-order valence-corrected chi connectivity index (χ3v) is 8.47. The normalized spacial score (nSPS) is 13.0. The lowest BCUT2D eigenvalue weighted by molar-refractivity contribution is 0.174. The molecule has 0 bridgehead atoms. The van der Waals surface area contributed by atoms with Crippen LogP contribution in [0.3, 0.4) is 0 Å². The molecule has 0 aliphatic carbocycles. The van der Waals surface area contributed by atoms with Gasteiger partial charge in [0.05, 0.1) is 4.90 Å². The predicted octanol–water partition coefficient (Wildman–Crippen LogP) is 4.92. The third-order valence-electron chi connectivity index (χ3n) is 4.74. The first-order valence-corrected chi connectivity index (χ1v) is 12.1. The summed E-state index contributed by atoms with van der Waals surface area (Å²) in [7, 11) is -3.88. The Hall–Kier alpha value is -2.49. The minimum Gasteiger partial charge on any atom is -0.465 e. The van der Waals surface area contributed by atoms with E-state index in [4.69, 9.17) is 11.6 Å². The molecule has 0 aromatic carbocycles. The van der Waals surface area contributed by atoms with Crippen LogP contribution in [0.15, 0.2) is 58.0 Å². The molecule has 3 heterocycles. The van der Waals surface area contributed by atoms with Crippen molar-refractivity contribution in [1.29, 1.82) is 0 Å². The first-order chi connectivity index (χ1) is 14.5. The summed E-state index contributed by atoms with van der Waals surface area (Å²) in [5.74, 6) is 0. The summed E-state index contributed by atoms with van der Waals surface area (Å²) in [6.45, 7) is 5.77. The van der Waals surface area contributed by atoms with E-state index in [0.29, 0.717) is 22.4 Å². The van der Waals surface area contributed by atoms with Gasteiger partial charge in [0, 0.05) is 47.1 Å². The predicted molar refractivity (Wildman–Crippen MR) is 120 cm³/mol. The van der Waals surface area contributed by atoms with Crippen LogP contribution in [-0.4, -0.2) is 35.6 Å². The molecular weight excluding hydrogens is 458 g/mol. The maximum atomic E-state index is 13.4. The lowest BCUT2D eigenvalue weighted by Crippen LogP contribution is -2.44. The van der Waals surface area contributed by atoms with Crippen molar-refractivity contribution in [3.63, 3.8) is 0 Å². The SMILES string of the molecule is CC(C)(C)C(Cc1cc(-c2cccnc2Cl)c(S(=O)(=O)c2cccnc2)s1)NC(=O)O. The van der Waals surface area contributed by atoms with Crippen LogP contribution in [0.5, 0.6) is 0 Å². The van der Waals surface area contributed by atoms with E-state index < -0.39 is 22.0 Å². The van der Waals surface area contributed by atoms with E-state index in [1.807, 2.05) is 20.8 Å². The standard InChI is InChI=1S/C21H22ClN3O4S2/c1-21(2,3)17(25-20(26)27)11-13-10-16(15-7-5-9-24-18(15)22)19(30-13)31(28,29)14-6-4-8-23-12-14/h4-10,12,17,25H,11H2,1-3H3,(H,26,27). The summed E-state index contributed by atoms with van der Waals surface area (Å²) >= 11 is 7.38. The number of hydrogen-bond acceptors (Lipinski definition) is 6. The Morgan fingerprint density at radius 1 is 1.23 bits per heavy atom. The second kappa shape index (κ2) is 8.94. The van der Waals surface area contributed by atoms with Crippen molar-refractivity contribution in [3.05, 3.63) is 59.0 Å². The number of rotatable bonds is 6. The number of amides is 1. The summed E-state index contributed by atoms with van der Waals surface area (Å²) in [4.78, 5) is 20.1. The molecule has 10 heteroatoms. The molecule has 0 spiro atoms. The number of carbonyl (C=O) groups is 1. The number of nitrogens with zero attached hydrogens (tertiary/aromatic N) is 2. The molecule has 0 aliphatic rings. The topological polar surface area (TPSA) is 109 Å². The molecule has 164 valence electrons. The molecular formula is C21H22ClN3O4S2. The van der Waals surface area contributed by atoms with Gasteiger partial charge in [0.25, 0.3) is 0 Å². The van der Waals surface area contributed by atoms with Crippen LogP contribution in [-0.2, 0) is 16.3 Å². The van der Waals surface area contributed by atoms with E-state index in [9.17, 15) is 18.3 Å². The van der Waals surface area contributed by atoms with Gasteiger partial charge < -0.3 is 10.4 Å². The lowest BCUT2D eigenvalue weighted by atomic mass is 9.84. The number of thiophene rings is 1. The van der Waals surface area contributed by atoms with Gasteiger partial charge in [-0.1, -0.05) is 32.4 Å². The zero-order chi connectivity index (χ0) is 22.8. The van der Waals surface area contributed by atoms with Crippen LogP contribution in [0, 0.1) is 5.41 Å². The molecule has 0 aliphatic heterocycles. The minimum absolute atomic E-state index is 0.0701. The number of sulfone groups is 1. The average molecular weight is 480 g/mol. The number of carboxylic acid groups (broad SMARTS) is 1. The summed E-state index contributed by atoms with van der Waals surface area (Å²) < 4.78 is 26.9. The number of nitrogens with one attached hydrogen (secondary N) is 1. The van der Waals surface area contributed by atoms with Crippen LogP contribution in [0.4, 0.5) is 4.79 Å². The second-order valence-electron chi connectivity index (χ2n) is 8.02. The molecule has 1 amide bonds. The van der Waals surface area contributed by atoms with Crippen LogP contribution in [0.1, 0.15) is 25.6 Å². The fourth-order valence-corrected chi connectivity index (χ4v) is 6.38. The number of halogens is 1. The van der Waals surface area contributed by atoms with Crippen LogP contribution in [0.25, 0.3) is 11.1 Å². The van der Waals surface area contributed by atoms with Gasteiger partial charge in [-0.15, -0.1) is 11.3 Å². The molecule has 0 saturated heterocycles. The second-order valence-corrected chi connectivity index (χ2v) is 11.7. The van der Waals surface area contributed by atoms with E-state index in [1.165, 1.54) is 24.7 Å². The van der Waals surface area contributed by atoms with Crippen molar-refractivity contribution in [2.24, 2.45) is 5.41 Å². The first-order valence-electron chi connectivity index (χ1n) is 9.38. The molecule has 0 fully saturated rings. The third kappa shape index (κ3) is 5.23. The van der Waals surface area contributed by atoms with Gasteiger partial charge in [-0.2, -0.15) is 0 Å². The molecule has 1 unspecified atom stereocenters. The van der Waals surface area contributed by atoms with Crippen molar-refractivity contribution in [3.8, 4) is 11.1 Å². The van der Waals surface area contributed by atoms with E-state index in [1.54, 1.807) is 24.3 Å². The Labute approximate surface area is 190 Å². The van der Waals surface area contributed by atoms with Gasteiger partial charge in [0.15, 0.2) is 0 Å². The molecule has 0 saturated carbocycles. The van der Waals surface area contributed by atoms with Gasteiger partial charge >= 0.3 is 6.09 Å². The molecule has 3 rings (SSSR count). The molecule has 1 atom stereocenters. The Morgan fingerprint density at radius 2 is 1.94 bits per heavy atom. The summed E-state index contributed by atoms with van der Waals surface area (Å²) in [5.41, 5.74) is 0.550. The van der Waals surface area contributed by atoms with E-state index in [-0.39, 0.29) is 19.7 Å². The van der Waals surface area contributed by atoms with Crippen molar-refractivity contribution in [2.75, 3.05) is 0 Å². The van der Waals surface area contributed by atoms with Crippen LogP contribution < -0.4 is 5.32 Å². The number of hydrogen-bond donors (Lipinski definition) is 2. The highest BCUT2D eigenvalue weighted by atomic mass is 35.5. The minimum atomic E-state index is -3.88. The first kappa shape index (κ1) is 23.2. The zero-order valence-corrected chi connectivity index (χ0v) is 19.6. The van der Waals surface area contributed by atoms with Crippen molar-refractivity contribution in [1.82, 2.24) is 15.3 Å². The lowest BCUT2D eigenvalue weighted by Gasteiger charge is -2.30. The largest absolute Gasteiger partial charge is 0.465 e. The monoisotopic (exact) mass is 479 g/mol. The van der Waals surface area contributed by atoms with Crippen molar-refractivity contribution >= 4 is 38.9 Å². The highest BCUT2D eigenvalue weighted by Crippen LogP contribution is 2.41. The average Bonchev–Trinajstić information content (AvgIpc) is 3.12. The van der Waals surface area contributed by atoms with Gasteiger partial charge in [-0.3, -0.25) is 4.98 Å². The van der Waals surface area contributed by atoms with Crippen molar-refractivity contribution < 1.29 is 18.3 Å². The molecule has 31 heavy (non-hydrogen) atoms. The molecule has 3 aromatic heterocycles. The van der Waals surface area contributed by atoms with Gasteiger partial charge in [0.2, 0.25) is 9.84 Å². The van der Waals surface area contributed by atoms with Gasteiger partial charge in [-0.25, -0.2) is 18.2 Å². The number of pyridine rings is 2. The highest BCUT2D eigenvalue weighted by molar-refractivity contribution is 7.93. The van der Waals surface area contributed by atoms with Crippen LogP contribution >= 0.6 is 22.9 Å². The molecule has 7 nitrogen and oxygen atoms in total. The van der Waals surface area contributed by atoms with Gasteiger partial charge in [0.1, 0.15) is 9.36 Å². The number of aromatic nitrogens is 2. The quantitative estimate of drug-likeness (QED) is 0.486. The summed E-state index contributed by atoms with van der Waals surface area (Å²) in [6.07, 6.45) is 3.53. The zero-order valence-electron chi connectivity index (χ0n) is 17.2. The maximum absolute atomic E-state index is 13.4. The smallest absolute Gasteiger partial charge is 0.404 e. The Balaban J connectivity index is 2.15. The summed E-state index contributed by atoms with van der Waals surface area (Å²) in [6, 6.07) is 7.77.